The highest BCUT2D eigenvalue weighted by atomic mass is 19.3. The monoisotopic (exact) mass is 338 g/mol. The number of piperidine rings is 1. The van der Waals surface area contributed by atoms with Gasteiger partial charge in [-0.1, -0.05) is 12.1 Å². The molecule has 1 aromatic rings. The molecule has 1 amide bonds. The molecule has 0 radical (unpaired) electrons. The fourth-order valence-corrected chi connectivity index (χ4v) is 3.56. The SMILES string of the molecule is COc1ccc(CC2CCN(C(=O)C3CC(F)(F)CN3)CC2)cc1. The summed E-state index contributed by atoms with van der Waals surface area (Å²) in [7, 11) is 1.65. The fraction of sp³-hybridized carbons (Fsp3) is 0.611. The van der Waals surface area contributed by atoms with Crippen LogP contribution in [0, 0.1) is 5.92 Å². The molecular formula is C18H24F2N2O2. The second-order valence-electron chi connectivity index (χ2n) is 6.81. The predicted molar refractivity (Wildman–Crippen MR) is 87.4 cm³/mol. The van der Waals surface area contributed by atoms with Crippen LogP contribution in [0.15, 0.2) is 24.3 Å². The predicted octanol–water partition coefficient (Wildman–Crippen LogP) is 2.47. The number of hydrogen-bond donors (Lipinski definition) is 1. The summed E-state index contributed by atoms with van der Waals surface area (Å²) in [4.78, 5) is 14.1. The Kier molecular flexibility index (Phi) is 5.04. The minimum Gasteiger partial charge on any atom is -0.497 e. The van der Waals surface area contributed by atoms with Gasteiger partial charge in [-0.25, -0.2) is 8.78 Å². The first-order valence-electron chi connectivity index (χ1n) is 8.50. The van der Waals surface area contributed by atoms with Crippen LogP contribution in [0.3, 0.4) is 0 Å². The largest absolute Gasteiger partial charge is 0.497 e. The Bertz CT molecular complexity index is 569. The second-order valence-corrected chi connectivity index (χ2v) is 6.81. The molecular weight excluding hydrogens is 314 g/mol. The molecule has 0 bridgehead atoms. The van der Waals surface area contributed by atoms with E-state index in [2.05, 4.69) is 17.4 Å². The smallest absolute Gasteiger partial charge is 0.262 e. The van der Waals surface area contributed by atoms with Gasteiger partial charge >= 0.3 is 0 Å². The number of benzene rings is 1. The van der Waals surface area contributed by atoms with E-state index >= 15 is 0 Å². The van der Waals surface area contributed by atoms with Gasteiger partial charge in [-0.15, -0.1) is 0 Å². The summed E-state index contributed by atoms with van der Waals surface area (Å²) < 4.78 is 31.6. The van der Waals surface area contributed by atoms with Gasteiger partial charge in [0.2, 0.25) is 5.91 Å². The molecule has 4 nitrogen and oxygen atoms in total. The summed E-state index contributed by atoms with van der Waals surface area (Å²) in [6, 6.07) is 7.33. The first-order valence-corrected chi connectivity index (χ1v) is 8.50. The summed E-state index contributed by atoms with van der Waals surface area (Å²) in [5.74, 6) is -1.55. The Hall–Kier alpha value is -1.69. The number of hydrogen-bond acceptors (Lipinski definition) is 3. The van der Waals surface area contributed by atoms with Crippen molar-refractivity contribution in [2.24, 2.45) is 5.92 Å². The lowest BCUT2D eigenvalue weighted by molar-refractivity contribution is -0.135. The highest BCUT2D eigenvalue weighted by molar-refractivity contribution is 5.82. The standard InChI is InChI=1S/C18H24F2N2O2/c1-24-15-4-2-13(3-5-15)10-14-6-8-22(9-7-14)17(23)16-11-18(19,20)12-21-16/h2-5,14,16,21H,6-12H2,1H3. The molecule has 0 saturated carbocycles. The van der Waals surface area contributed by atoms with E-state index < -0.39 is 18.5 Å². The van der Waals surface area contributed by atoms with Gasteiger partial charge in [0, 0.05) is 19.5 Å². The maximum atomic E-state index is 13.2. The zero-order chi connectivity index (χ0) is 17.2. The van der Waals surface area contributed by atoms with E-state index in [0.717, 1.165) is 25.0 Å². The summed E-state index contributed by atoms with van der Waals surface area (Å²) in [5, 5.41) is 2.65. The summed E-state index contributed by atoms with van der Waals surface area (Å²) in [5.41, 5.74) is 1.26. The molecule has 3 rings (SSSR count). The molecule has 2 fully saturated rings. The van der Waals surface area contributed by atoms with Crippen LogP contribution in [0.5, 0.6) is 5.75 Å². The summed E-state index contributed by atoms with van der Waals surface area (Å²) >= 11 is 0. The van der Waals surface area contributed by atoms with E-state index in [1.165, 1.54) is 5.56 Å². The lowest BCUT2D eigenvalue weighted by atomic mass is 9.90. The lowest BCUT2D eigenvalue weighted by Crippen LogP contribution is -2.47. The molecule has 6 heteroatoms. The third kappa shape index (κ3) is 4.04. The molecule has 0 spiro atoms. The van der Waals surface area contributed by atoms with E-state index in [-0.39, 0.29) is 12.3 Å². The minimum absolute atomic E-state index is 0.171. The Morgan fingerprint density at radius 1 is 1.29 bits per heavy atom. The van der Waals surface area contributed by atoms with Crippen molar-refractivity contribution in [1.82, 2.24) is 10.2 Å². The molecule has 0 aliphatic carbocycles. The highest BCUT2D eigenvalue weighted by Gasteiger charge is 2.43. The number of ether oxygens (including phenoxy) is 1. The average Bonchev–Trinajstić information content (AvgIpc) is 2.95. The van der Waals surface area contributed by atoms with Gasteiger partial charge in [0.25, 0.3) is 5.92 Å². The molecule has 2 aliphatic heterocycles. The van der Waals surface area contributed by atoms with Crippen molar-refractivity contribution >= 4 is 5.91 Å². The van der Waals surface area contributed by atoms with Crippen LogP contribution < -0.4 is 10.1 Å². The van der Waals surface area contributed by atoms with Crippen molar-refractivity contribution in [2.75, 3.05) is 26.7 Å². The van der Waals surface area contributed by atoms with Crippen molar-refractivity contribution in [1.29, 1.82) is 0 Å². The van der Waals surface area contributed by atoms with Gasteiger partial charge in [0.15, 0.2) is 0 Å². The van der Waals surface area contributed by atoms with Crippen LogP contribution >= 0.6 is 0 Å². The molecule has 1 aromatic carbocycles. The van der Waals surface area contributed by atoms with Gasteiger partial charge in [0.1, 0.15) is 5.75 Å². The molecule has 2 saturated heterocycles. The number of alkyl halides is 2. The molecule has 24 heavy (non-hydrogen) atoms. The maximum absolute atomic E-state index is 13.2. The van der Waals surface area contributed by atoms with Crippen LogP contribution in [0.4, 0.5) is 8.78 Å². The van der Waals surface area contributed by atoms with Gasteiger partial charge in [-0.3, -0.25) is 10.1 Å². The van der Waals surface area contributed by atoms with Crippen LogP contribution in [0.2, 0.25) is 0 Å². The Balaban J connectivity index is 1.47. The highest BCUT2D eigenvalue weighted by Crippen LogP contribution is 2.28. The van der Waals surface area contributed by atoms with E-state index in [1.54, 1.807) is 12.0 Å². The van der Waals surface area contributed by atoms with Crippen LogP contribution in [0.1, 0.15) is 24.8 Å². The number of rotatable bonds is 4. The quantitative estimate of drug-likeness (QED) is 0.917. The van der Waals surface area contributed by atoms with Gasteiger partial charge < -0.3 is 9.64 Å². The normalized spacial score (nSPS) is 24.1. The Labute approximate surface area is 141 Å². The number of nitrogens with one attached hydrogen (secondary N) is 1. The van der Waals surface area contributed by atoms with Gasteiger partial charge in [-0.2, -0.15) is 0 Å². The average molecular weight is 338 g/mol. The molecule has 1 unspecified atom stereocenters. The van der Waals surface area contributed by atoms with Crippen molar-refractivity contribution in [3.8, 4) is 5.75 Å². The fourth-order valence-electron chi connectivity index (χ4n) is 3.56. The second kappa shape index (κ2) is 7.05. The first kappa shape index (κ1) is 17.1. The van der Waals surface area contributed by atoms with E-state index in [1.807, 2.05) is 12.1 Å². The van der Waals surface area contributed by atoms with Crippen LogP contribution in [-0.2, 0) is 11.2 Å². The Morgan fingerprint density at radius 2 is 1.96 bits per heavy atom. The van der Waals surface area contributed by atoms with E-state index in [9.17, 15) is 13.6 Å². The topological polar surface area (TPSA) is 41.6 Å². The minimum atomic E-state index is -2.76. The number of methoxy groups -OCH3 is 1. The number of halogens is 2. The number of carbonyl (C=O) groups excluding carboxylic acids is 1. The molecule has 132 valence electrons. The number of likely N-dealkylation sites (tertiary alicyclic amines) is 1. The van der Waals surface area contributed by atoms with Crippen molar-refractivity contribution in [3.05, 3.63) is 29.8 Å². The molecule has 1 atom stereocenters. The number of nitrogens with zero attached hydrogens (tertiary/aromatic N) is 1. The third-order valence-corrected chi connectivity index (χ3v) is 5.02. The van der Waals surface area contributed by atoms with Gasteiger partial charge in [0.05, 0.1) is 19.7 Å². The lowest BCUT2D eigenvalue weighted by Gasteiger charge is -2.33. The Morgan fingerprint density at radius 3 is 2.50 bits per heavy atom. The van der Waals surface area contributed by atoms with Crippen molar-refractivity contribution < 1.29 is 18.3 Å². The van der Waals surface area contributed by atoms with Crippen LogP contribution in [-0.4, -0.2) is 49.5 Å². The number of amides is 1. The first-order chi connectivity index (χ1) is 11.5. The van der Waals surface area contributed by atoms with Crippen LogP contribution in [0.25, 0.3) is 0 Å². The number of carbonyl (C=O) groups is 1. The third-order valence-electron chi connectivity index (χ3n) is 5.02. The maximum Gasteiger partial charge on any atom is 0.262 e. The molecule has 2 aliphatic rings. The zero-order valence-electron chi connectivity index (χ0n) is 13.9. The van der Waals surface area contributed by atoms with Gasteiger partial charge in [-0.05, 0) is 42.9 Å². The molecule has 0 aromatic heterocycles. The van der Waals surface area contributed by atoms with E-state index in [4.69, 9.17) is 4.74 Å². The van der Waals surface area contributed by atoms with E-state index in [0.29, 0.717) is 19.0 Å². The molecule has 2 heterocycles. The summed E-state index contributed by atoms with van der Waals surface area (Å²) in [6.07, 6.45) is 2.44. The molecule has 1 N–H and O–H groups in total. The van der Waals surface area contributed by atoms with Crippen molar-refractivity contribution in [2.45, 2.75) is 37.6 Å². The summed E-state index contributed by atoms with van der Waals surface area (Å²) in [6.45, 7) is 0.921. The van der Waals surface area contributed by atoms with Crippen molar-refractivity contribution in [3.63, 3.8) is 0 Å². The zero-order valence-corrected chi connectivity index (χ0v) is 13.9.